The van der Waals surface area contributed by atoms with Crippen molar-refractivity contribution in [3.8, 4) is 0 Å². The molecule has 0 aliphatic rings. The van der Waals surface area contributed by atoms with E-state index in [0.717, 1.165) is 5.44 Å². The summed E-state index contributed by atoms with van der Waals surface area (Å²) in [6, 6.07) is 3.93. The third-order valence-electron chi connectivity index (χ3n) is 1.02. The van der Waals surface area contributed by atoms with Gasteiger partial charge in [-0.3, -0.25) is 0 Å². The molecule has 2 nitrogen and oxygen atoms in total. The van der Waals surface area contributed by atoms with Crippen LogP contribution in [0.2, 0.25) is 0 Å². The van der Waals surface area contributed by atoms with E-state index in [4.69, 9.17) is 0 Å². The first-order valence-corrected chi connectivity index (χ1v) is 4.99. The Bertz CT molecular complexity index is 174. The van der Waals surface area contributed by atoms with Crippen LogP contribution < -0.4 is 5.44 Å². The average Bonchev–Trinajstić information content (AvgIpc) is 1.90. The van der Waals surface area contributed by atoms with Gasteiger partial charge in [-0.15, -0.1) is 0 Å². The third kappa shape index (κ3) is 1.72. The summed E-state index contributed by atoms with van der Waals surface area (Å²) < 4.78 is 0. The van der Waals surface area contributed by atoms with E-state index in [2.05, 4.69) is 23.5 Å². The first-order chi connectivity index (χ1) is 4.30. The summed E-state index contributed by atoms with van der Waals surface area (Å²) in [5, 5.41) is 7.73. The van der Waals surface area contributed by atoms with E-state index in [1.54, 1.807) is 6.20 Å². The van der Waals surface area contributed by atoms with Crippen LogP contribution in [0.3, 0.4) is 0 Å². The van der Waals surface area contributed by atoms with Gasteiger partial charge in [-0.2, -0.15) is 10.2 Å². The molecule has 0 aliphatic carbocycles. The Labute approximate surface area is 56.1 Å². The molecular weight excluding hydrogens is 131 g/mol. The van der Waals surface area contributed by atoms with E-state index in [1.165, 1.54) is 0 Å². The molecular formula is C6H9N2P. The molecule has 0 saturated carbocycles. The molecule has 0 saturated heterocycles. The molecule has 0 radical (unpaired) electrons. The second-order valence-electron chi connectivity index (χ2n) is 1.98. The molecule has 48 valence electrons. The Kier molecular flexibility index (Phi) is 2.12. The second kappa shape index (κ2) is 2.88. The zero-order chi connectivity index (χ0) is 6.69. The molecule has 0 amide bonds. The van der Waals surface area contributed by atoms with E-state index in [9.17, 15) is 0 Å². The van der Waals surface area contributed by atoms with Crippen LogP contribution in [0.15, 0.2) is 18.3 Å². The highest BCUT2D eigenvalue weighted by Crippen LogP contribution is 2.20. The molecule has 1 heterocycles. The number of hydrogen-bond acceptors (Lipinski definition) is 2. The van der Waals surface area contributed by atoms with Crippen LogP contribution in [0, 0.1) is 0 Å². The number of aromatic nitrogens is 2. The summed E-state index contributed by atoms with van der Waals surface area (Å²) in [5.74, 6) is 0. The van der Waals surface area contributed by atoms with Crippen LogP contribution in [-0.4, -0.2) is 23.5 Å². The van der Waals surface area contributed by atoms with Crippen molar-refractivity contribution in [2.24, 2.45) is 0 Å². The molecule has 1 rings (SSSR count). The molecule has 0 aromatic carbocycles. The maximum absolute atomic E-state index is 3.96. The van der Waals surface area contributed by atoms with Crippen molar-refractivity contribution in [1.82, 2.24) is 10.2 Å². The van der Waals surface area contributed by atoms with Gasteiger partial charge in [0.05, 0.1) is 5.44 Å². The summed E-state index contributed by atoms with van der Waals surface area (Å²) in [4.78, 5) is 0. The van der Waals surface area contributed by atoms with Gasteiger partial charge in [0.2, 0.25) is 0 Å². The molecule has 3 heteroatoms. The van der Waals surface area contributed by atoms with Crippen LogP contribution in [0.5, 0.6) is 0 Å². The van der Waals surface area contributed by atoms with Gasteiger partial charge >= 0.3 is 0 Å². The SMILES string of the molecule is CP(C)c1cccnn1. The Morgan fingerprint density at radius 3 is 2.56 bits per heavy atom. The van der Waals surface area contributed by atoms with Crippen molar-refractivity contribution in [2.75, 3.05) is 13.3 Å². The molecule has 9 heavy (non-hydrogen) atoms. The fraction of sp³-hybridized carbons (Fsp3) is 0.333. The highest BCUT2D eigenvalue weighted by atomic mass is 31.1. The van der Waals surface area contributed by atoms with Gasteiger partial charge in [-0.25, -0.2) is 0 Å². The Hall–Kier alpha value is -0.490. The van der Waals surface area contributed by atoms with Crippen LogP contribution in [0.1, 0.15) is 0 Å². The van der Waals surface area contributed by atoms with Gasteiger partial charge < -0.3 is 0 Å². The molecule has 1 aromatic heterocycles. The first kappa shape index (κ1) is 6.63. The first-order valence-electron chi connectivity index (χ1n) is 2.76. The van der Waals surface area contributed by atoms with E-state index < -0.39 is 0 Å². The van der Waals surface area contributed by atoms with Crippen LogP contribution in [0.4, 0.5) is 0 Å². The van der Waals surface area contributed by atoms with Crippen molar-refractivity contribution in [3.05, 3.63) is 18.3 Å². The lowest BCUT2D eigenvalue weighted by Crippen LogP contribution is -2.04. The van der Waals surface area contributed by atoms with E-state index in [-0.39, 0.29) is 7.92 Å². The third-order valence-corrected chi connectivity index (χ3v) is 2.17. The normalized spacial score (nSPS) is 10.1. The summed E-state index contributed by atoms with van der Waals surface area (Å²) in [6.45, 7) is 4.33. The van der Waals surface area contributed by atoms with Crippen LogP contribution in [0.25, 0.3) is 0 Å². The molecule has 0 N–H and O–H groups in total. The van der Waals surface area contributed by atoms with Crippen molar-refractivity contribution in [3.63, 3.8) is 0 Å². The van der Waals surface area contributed by atoms with Gasteiger partial charge in [-0.1, -0.05) is 7.92 Å². The van der Waals surface area contributed by atoms with Crippen molar-refractivity contribution >= 4 is 13.4 Å². The standard InChI is InChI=1S/C6H9N2P/c1-9(2)6-4-3-5-7-8-6/h3-5H,1-2H3. The maximum atomic E-state index is 3.96. The number of hydrogen-bond donors (Lipinski definition) is 0. The molecule has 0 bridgehead atoms. The Balaban J connectivity index is 2.85. The Morgan fingerprint density at radius 1 is 1.44 bits per heavy atom. The maximum Gasteiger partial charge on any atom is 0.0851 e. The van der Waals surface area contributed by atoms with Crippen molar-refractivity contribution in [1.29, 1.82) is 0 Å². The van der Waals surface area contributed by atoms with E-state index in [1.807, 2.05) is 12.1 Å². The summed E-state index contributed by atoms with van der Waals surface area (Å²) in [5.41, 5.74) is 1.12. The molecule has 0 aliphatic heterocycles. The molecule has 0 unspecified atom stereocenters. The minimum atomic E-state index is -0.0692. The summed E-state index contributed by atoms with van der Waals surface area (Å²) in [6.07, 6.45) is 1.70. The topological polar surface area (TPSA) is 25.8 Å². The van der Waals surface area contributed by atoms with E-state index >= 15 is 0 Å². The van der Waals surface area contributed by atoms with Gasteiger partial charge in [-0.05, 0) is 25.5 Å². The minimum Gasteiger partial charge on any atom is -0.159 e. The minimum absolute atomic E-state index is 0.0692. The average molecular weight is 140 g/mol. The molecule has 0 spiro atoms. The second-order valence-corrected chi connectivity index (χ2v) is 4.22. The molecule has 0 atom stereocenters. The zero-order valence-electron chi connectivity index (χ0n) is 5.57. The smallest absolute Gasteiger partial charge is 0.0851 e. The van der Waals surface area contributed by atoms with E-state index in [0.29, 0.717) is 0 Å². The van der Waals surface area contributed by atoms with Gasteiger partial charge in [0.1, 0.15) is 0 Å². The van der Waals surface area contributed by atoms with Gasteiger partial charge in [0.15, 0.2) is 0 Å². The molecule has 0 fully saturated rings. The lowest BCUT2D eigenvalue weighted by molar-refractivity contribution is 1.06. The van der Waals surface area contributed by atoms with Gasteiger partial charge in [0, 0.05) is 6.20 Å². The quantitative estimate of drug-likeness (QED) is 0.540. The predicted molar refractivity (Wildman–Crippen MR) is 40.4 cm³/mol. The lowest BCUT2D eigenvalue weighted by Gasteiger charge is -1.99. The van der Waals surface area contributed by atoms with Crippen LogP contribution >= 0.6 is 7.92 Å². The Morgan fingerprint density at radius 2 is 2.22 bits per heavy atom. The fourth-order valence-electron chi connectivity index (χ4n) is 0.532. The van der Waals surface area contributed by atoms with Crippen LogP contribution in [-0.2, 0) is 0 Å². The van der Waals surface area contributed by atoms with Gasteiger partial charge in [0.25, 0.3) is 0 Å². The predicted octanol–water partition coefficient (Wildman–Crippen LogP) is 0.843. The molecule has 1 aromatic rings. The number of rotatable bonds is 1. The van der Waals surface area contributed by atoms with Crippen molar-refractivity contribution in [2.45, 2.75) is 0 Å². The largest absolute Gasteiger partial charge is 0.159 e. The zero-order valence-corrected chi connectivity index (χ0v) is 6.47. The lowest BCUT2D eigenvalue weighted by atomic mass is 10.6. The number of nitrogens with zero attached hydrogens (tertiary/aromatic N) is 2. The monoisotopic (exact) mass is 140 g/mol. The highest BCUT2D eigenvalue weighted by Gasteiger charge is 1.95. The summed E-state index contributed by atoms with van der Waals surface area (Å²) in [7, 11) is -0.0692. The fourth-order valence-corrected chi connectivity index (χ4v) is 1.15. The highest BCUT2D eigenvalue weighted by molar-refractivity contribution is 7.63. The van der Waals surface area contributed by atoms with Crippen molar-refractivity contribution < 1.29 is 0 Å². The summed E-state index contributed by atoms with van der Waals surface area (Å²) >= 11 is 0.